The van der Waals surface area contributed by atoms with Crippen molar-refractivity contribution in [1.29, 1.82) is 0 Å². The number of hydrogen-bond acceptors (Lipinski definition) is 3. The number of nitrogens with two attached hydrogens (primary N) is 1. The molecular formula is C11H21N3OS. The summed E-state index contributed by atoms with van der Waals surface area (Å²) in [6, 6.07) is 0. The molecule has 0 aromatic rings. The van der Waals surface area contributed by atoms with Gasteiger partial charge in [0.2, 0.25) is 5.91 Å². The average Bonchev–Trinajstić information content (AvgIpc) is 2.20. The van der Waals surface area contributed by atoms with Crippen LogP contribution in [0.1, 0.15) is 20.3 Å². The van der Waals surface area contributed by atoms with Crippen molar-refractivity contribution in [3.05, 3.63) is 0 Å². The molecule has 16 heavy (non-hydrogen) atoms. The molecule has 1 fully saturated rings. The van der Waals surface area contributed by atoms with Crippen molar-refractivity contribution in [2.75, 3.05) is 33.2 Å². The molecule has 5 heteroatoms. The maximum absolute atomic E-state index is 11.5. The molecule has 0 bridgehead atoms. The van der Waals surface area contributed by atoms with Crippen LogP contribution in [0.25, 0.3) is 0 Å². The van der Waals surface area contributed by atoms with Crippen LogP contribution in [-0.4, -0.2) is 53.9 Å². The van der Waals surface area contributed by atoms with Crippen molar-refractivity contribution in [3.8, 4) is 0 Å². The van der Waals surface area contributed by atoms with Gasteiger partial charge in [-0.15, -0.1) is 0 Å². The van der Waals surface area contributed by atoms with Crippen LogP contribution in [-0.2, 0) is 4.79 Å². The lowest BCUT2D eigenvalue weighted by Crippen LogP contribution is -2.49. The fraction of sp³-hybridized carbons (Fsp3) is 0.818. The molecule has 0 aliphatic carbocycles. The molecule has 1 aliphatic heterocycles. The molecule has 0 radical (unpaired) electrons. The van der Waals surface area contributed by atoms with E-state index in [0.29, 0.717) is 11.5 Å². The second kappa shape index (κ2) is 5.10. The van der Waals surface area contributed by atoms with Gasteiger partial charge in [-0.25, -0.2) is 0 Å². The van der Waals surface area contributed by atoms with Gasteiger partial charge in [-0.3, -0.25) is 9.69 Å². The summed E-state index contributed by atoms with van der Waals surface area (Å²) in [5, 5.41) is 0. The van der Waals surface area contributed by atoms with Crippen LogP contribution < -0.4 is 5.73 Å². The Morgan fingerprint density at radius 1 is 1.50 bits per heavy atom. The van der Waals surface area contributed by atoms with E-state index in [-0.39, 0.29) is 11.3 Å². The summed E-state index contributed by atoms with van der Waals surface area (Å²) in [4.78, 5) is 16.0. The Kier molecular flexibility index (Phi) is 4.27. The molecule has 2 N–H and O–H groups in total. The van der Waals surface area contributed by atoms with E-state index in [1.54, 1.807) is 4.90 Å². The first-order chi connectivity index (χ1) is 7.33. The van der Waals surface area contributed by atoms with Crippen molar-refractivity contribution in [2.24, 2.45) is 11.1 Å². The maximum atomic E-state index is 11.5. The molecule has 1 aliphatic rings. The van der Waals surface area contributed by atoms with Crippen LogP contribution in [0, 0.1) is 5.41 Å². The van der Waals surface area contributed by atoms with Gasteiger partial charge in [-0.05, 0) is 13.0 Å². The third-order valence-corrected chi connectivity index (χ3v) is 3.81. The molecule has 0 atom stereocenters. The van der Waals surface area contributed by atoms with E-state index in [4.69, 9.17) is 18.0 Å². The minimum absolute atomic E-state index is 0.123. The lowest BCUT2D eigenvalue weighted by molar-refractivity contribution is -0.134. The molecule has 92 valence electrons. The number of nitrogens with zero attached hydrogens (tertiary/aromatic N) is 2. The first-order valence-corrected chi connectivity index (χ1v) is 6.00. The Balaban J connectivity index is 2.39. The first kappa shape index (κ1) is 13.4. The summed E-state index contributed by atoms with van der Waals surface area (Å²) in [6.45, 7) is 7.25. The lowest BCUT2D eigenvalue weighted by Gasteiger charge is -2.34. The van der Waals surface area contributed by atoms with E-state index in [1.807, 2.05) is 20.9 Å². The molecule has 0 unspecified atom stereocenters. The van der Waals surface area contributed by atoms with Crippen molar-refractivity contribution < 1.29 is 4.79 Å². The SMILES string of the molecule is CN1CCN(CCC(C)(C)C(N)=S)CC1=O. The zero-order valence-corrected chi connectivity index (χ0v) is 11.1. The highest BCUT2D eigenvalue weighted by atomic mass is 32.1. The third kappa shape index (κ3) is 3.42. The molecule has 1 saturated heterocycles. The normalized spacial score (nSPS) is 18.9. The van der Waals surface area contributed by atoms with Gasteiger partial charge in [-0.1, -0.05) is 26.1 Å². The van der Waals surface area contributed by atoms with Crippen LogP contribution in [0.15, 0.2) is 0 Å². The fourth-order valence-electron chi connectivity index (χ4n) is 1.56. The van der Waals surface area contributed by atoms with Crippen molar-refractivity contribution >= 4 is 23.1 Å². The Labute approximate surface area is 103 Å². The van der Waals surface area contributed by atoms with Gasteiger partial charge in [0, 0.05) is 25.6 Å². The van der Waals surface area contributed by atoms with Crippen LogP contribution in [0.3, 0.4) is 0 Å². The Morgan fingerprint density at radius 2 is 2.12 bits per heavy atom. The Hall–Kier alpha value is -0.680. The number of carbonyl (C=O) groups is 1. The summed E-state index contributed by atoms with van der Waals surface area (Å²) in [5.74, 6) is 0.194. The fourth-order valence-corrected chi connectivity index (χ4v) is 1.66. The van der Waals surface area contributed by atoms with Crippen LogP contribution in [0.2, 0.25) is 0 Å². The second-order valence-electron chi connectivity index (χ2n) is 5.09. The van der Waals surface area contributed by atoms with Crippen molar-refractivity contribution in [3.63, 3.8) is 0 Å². The number of carbonyl (C=O) groups excluding carboxylic acids is 1. The highest BCUT2D eigenvalue weighted by Gasteiger charge is 2.25. The quantitative estimate of drug-likeness (QED) is 0.729. The minimum Gasteiger partial charge on any atom is -0.393 e. The smallest absolute Gasteiger partial charge is 0.236 e. The second-order valence-corrected chi connectivity index (χ2v) is 5.53. The first-order valence-electron chi connectivity index (χ1n) is 5.59. The third-order valence-electron chi connectivity index (χ3n) is 3.26. The lowest BCUT2D eigenvalue weighted by atomic mass is 9.89. The maximum Gasteiger partial charge on any atom is 0.236 e. The number of likely N-dealkylation sites (N-methyl/N-ethyl adjacent to an activating group) is 1. The number of thiocarbonyl (C=S) groups is 1. The zero-order chi connectivity index (χ0) is 12.3. The monoisotopic (exact) mass is 243 g/mol. The van der Waals surface area contributed by atoms with Gasteiger partial charge < -0.3 is 10.6 Å². The van der Waals surface area contributed by atoms with E-state index in [1.165, 1.54) is 0 Å². The minimum atomic E-state index is -0.123. The highest BCUT2D eigenvalue weighted by Crippen LogP contribution is 2.21. The van der Waals surface area contributed by atoms with Gasteiger partial charge in [0.1, 0.15) is 0 Å². The molecular weight excluding hydrogens is 222 g/mol. The number of amides is 1. The largest absolute Gasteiger partial charge is 0.393 e. The Bertz CT molecular complexity index is 291. The van der Waals surface area contributed by atoms with Gasteiger partial charge in [-0.2, -0.15) is 0 Å². The predicted molar refractivity (Wildman–Crippen MR) is 69.3 cm³/mol. The topological polar surface area (TPSA) is 49.6 Å². The summed E-state index contributed by atoms with van der Waals surface area (Å²) in [6.07, 6.45) is 0.902. The summed E-state index contributed by atoms with van der Waals surface area (Å²) in [5.41, 5.74) is 5.55. The van der Waals surface area contributed by atoms with E-state index in [2.05, 4.69) is 4.90 Å². The van der Waals surface area contributed by atoms with Crippen LogP contribution >= 0.6 is 12.2 Å². The van der Waals surface area contributed by atoms with Gasteiger partial charge in [0.25, 0.3) is 0 Å². The van der Waals surface area contributed by atoms with Gasteiger partial charge in [0.05, 0.1) is 11.5 Å². The van der Waals surface area contributed by atoms with Crippen LogP contribution in [0.5, 0.6) is 0 Å². The highest BCUT2D eigenvalue weighted by molar-refractivity contribution is 7.80. The number of hydrogen-bond donors (Lipinski definition) is 1. The van der Waals surface area contributed by atoms with E-state index < -0.39 is 0 Å². The molecule has 0 saturated carbocycles. The molecule has 0 aromatic heterocycles. The standard InChI is InChI=1S/C11H21N3OS/c1-11(2,10(12)16)4-5-14-7-6-13(3)9(15)8-14/h4-8H2,1-3H3,(H2,12,16). The van der Waals surface area contributed by atoms with Crippen molar-refractivity contribution in [2.45, 2.75) is 20.3 Å². The summed E-state index contributed by atoms with van der Waals surface area (Å²) in [7, 11) is 1.85. The van der Waals surface area contributed by atoms with Gasteiger partial charge >= 0.3 is 0 Å². The Morgan fingerprint density at radius 3 is 2.62 bits per heavy atom. The van der Waals surface area contributed by atoms with E-state index in [0.717, 1.165) is 26.1 Å². The molecule has 4 nitrogen and oxygen atoms in total. The zero-order valence-electron chi connectivity index (χ0n) is 10.3. The van der Waals surface area contributed by atoms with Crippen molar-refractivity contribution in [1.82, 2.24) is 9.80 Å². The molecule has 0 aromatic carbocycles. The summed E-state index contributed by atoms with van der Waals surface area (Å²) < 4.78 is 0. The molecule has 1 heterocycles. The molecule has 0 spiro atoms. The molecule has 1 rings (SSSR count). The van der Waals surface area contributed by atoms with E-state index in [9.17, 15) is 4.79 Å². The van der Waals surface area contributed by atoms with Crippen LogP contribution in [0.4, 0.5) is 0 Å². The number of piperazine rings is 1. The summed E-state index contributed by atoms with van der Waals surface area (Å²) >= 11 is 5.02. The average molecular weight is 243 g/mol. The molecule has 1 amide bonds. The predicted octanol–water partition coefficient (Wildman–Crippen LogP) is 0.463. The number of rotatable bonds is 4. The van der Waals surface area contributed by atoms with E-state index >= 15 is 0 Å². The van der Waals surface area contributed by atoms with Gasteiger partial charge in [0.15, 0.2) is 0 Å².